The molecule has 2 unspecified atom stereocenters. The summed E-state index contributed by atoms with van der Waals surface area (Å²) in [5, 5.41) is 6.21. The monoisotopic (exact) mass is 224 g/mol. The molecule has 1 aliphatic heterocycles. The summed E-state index contributed by atoms with van der Waals surface area (Å²) >= 11 is 0. The Morgan fingerprint density at radius 3 is 2.88 bits per heavy atom. The maximum absolute atomic E-state index is 11.8. The van der Waals surface area contributed by atoms with Crippen LogP contribution in [0.5, 0.6) is 0 Å². The smallest absolute Gasteiger partial charge is 0.245 e. The number of hydrogen-bond donors (Lipinski definition) is 1. The highest BCUT2D eigenvalue weighted by molar-refractivity contribution is 5.96. The van der Waals surface area contributed by atoms with E-state index < -0.39 is 12.1 Å². The van der Waals surface area contributed by atoms with Gasteiger partial charge in [-0.05, 0) is 13.8 Å². The Kier molecular flexibility index (Phi) is 2.59. The minimum Gasteiger partial charge on any atom is -0.343 e. The SMILES string of the molecule is CC1NC(=O)C(C)N(Cc2ncon2)C1=O. The summed E-state index contributed by atoms with van der Waals surface area (Å²) < 4.78 is 4.58. The molecule has 0 bridgehead atoms. The van der Waals surface area contributed by atoms with Gasteiger partial charge in [0.05, 0.1) is 6.54 Å². The van der Waals surface area contributed by atoms with Crippen molar-refractivity contribution in [1.29, 1.82) is 0 Å². The first-order chi connectivity index (χ1) is 7.59. The second kappa shape index (κ2) is 3.92. The lowest BCUT2D eigenvalue weighted by Crippen LogP contribution is -2.61. The molecule has 1 saturated heterocycles. The fourth-order valence-electron chi connectivity index (χ4n) is 1.61. The van der Waals surface area contributed by atoms with Crippen LogP contribution >= 0.6 is 0 Å². The number of aromatic nitrogens is 2. The largest absolute Gasteiger partial charge is 0.343 e. The molecule has 2 amide bonds. The van der Waals surface area contributed by atoms with Gasteiger partial charge in [-0.25, -0.2) is 0 Å². The number of nitrogens with zero attached hydrogens (tertiary/aromatic N) is 3. The number of hydrogen-bond acceptors (Lipinski definition) is 5. The van der Waals surface area contributed by atoms with E-state index in [1.54, 1.807) is 13.8 Å². The molecule has 7 nitrogen and oxygen atoms in total. The van der Waals surface area contributed by atoms with Gasteiger partial charge in [-0.3, -0.25) is 9.59 Å². The summed E-state index contributed by atoms with van der Waals surface area (Å²) in [6, 6.07) is -1.02. The highest BCUT2D eigenvalue weighted by Crippen LogP contribution is 2.12. The van der Waals surface area contributed by atoms with Crippen LogP contribution in [0.2, 0.25) is 0 Å². The Balaban J connectivity index is 2.17. The first-order valence-electron chi connectivity index (χ1n) is 4.95. The van der Waals surface area contributed by atoms with Crippen LogP contribution in [0.25, 0.3) is 0 Å². The molecule has 1 aromatic heterocycles. The summed E-state index contributed by atoms with van der Waals surface area (Å²) in [7, 11) is 0. The van der Waals surface area contributed by atoms with E-state index in [4.69, 9.17) is 0 Å². The van der Waals surface area contributed by atoms with E-state index in [9.17, 15) is 9.59 Å². The predicted octanol–water partition coefficient (Wildman–Crippen LogP) is -0.695. The van der Waals surface area contributed by atoms with Crippen LogP contribution < -0.4 is 5.32 Å². The van der Waals surface area contributed by atoms with E-state index in [2.05, 4.69) is 20.0 Å². The van der Waals surface area contributed by atoms with Crippen molar-refractivity contribution in [2.45, 2.75) is 32.5 Å². The Morgan fingerprint density at radius 2 is 2.25 bits per heavy atom. The van der Waals surface area contributed by atoms with Gasteiger partial charge in [0.2, 0.25) is 18.2 Å². The van der Waals surface area contributed by atoms with Crippen LogP contribution in [-0.4, -0.2) is 38.9 Å². The maximum Gasteiger partial charge on any atom is 0.245 e. The molecule has 0 radical (unpaired) electrons. The molecule has 2 rings (SSSR count). The van der Waals surface area contributed by atoms with Crippen LogP contribution in [0.1, 0.15) is 19.7 Å². The standard InChI is InChI=1S/C9H12N4O3/c1-5-9(15)13(6(2)8(14)11-5)3-7-10-4-16-12-7/h4-6H,3H2,1-2H3,(H,11,14). The third-order valence-electron chi connectivity index (χ3n) is 2.58. The van der Waals surface area contributed by atoms with Crippen molar-refractivity contribution >= 4 is 11.8 Å². The summed E-state index contributed by atoms with van der Waals surface area (Å²) in [5.74, 6) is 0.0783. The molecule has 86 valence electrons. The average Bonchev–Trinajstić information content (AvgIpc) is 2.74. The lowest BCUT2D eigenvalue weighted by molar-refractivity contribution is -0.148. The molecular weight excluding hydrogens is 212 g/mol. The first-order valence-corrected chi connectivity index (χ1v) is 4.95. The Labute approximate surface area is 91.8 Å². The van der Waals surface area contributed by atoms with Crippen molar-refractivity contribution in [2.75, 3.05) is 0 Å². The zero-order valence-electron chi connectivity index (χ0n) is 9.01. The van der Waals surface area contributed by atoms with Gasteiger partial charge in [0, 0.05) is 0 Å². The van der Waals surface area contributed by atoms with Crippen molar-refractivity contribution in [3.05, 3.63) is 12.2 Å². The molecule has 1 aliphatic rings. The van der Waals surface area contributed by atoms with E-state index in [-0.39, 0.29) is 18.4 Å². The van der Waals surface area contributed by atoms with Crippen molar-refractivity contribution in [3.8, 4) is 0 Å². The molecule has 1 fully saturated rings. The highest BCUT2D eigenvalue weighted by atomic mass is 16.5. The minimum atomic E-state index is -0.512. The highest BCUT2D eigenvalue weighted by Gasteiger charge is 2.36. The van der Waals surface area contributed by atoms with Gasteiger partial charge in [0.15, 0.2) is 5.82 Å². The molecule has 2 atom stereocenters. The fourth-order valence-corrected chi connectivity index (χ4v) is 1.61. The number of nitrogens with one attached hydrogen (secondary N) is 1. The van der Waals surface area contributed by atoms with Crippen LogP contribution in [0, 0.1) is 0 Å². The lowest BCUT2D eigenvalue weighted by Gasteiger charge is -2.35. The van der Waals surface area contributed by atoms with Crippen LogP contribution in [0.3, 0.4) is 0 Å². The van der Waals surface area contributed by atoms with Gasteiger partial charge in [0.25, 0.3) is 0 Å². The van der Waals surface area contributed by atoms with E-state index in [0.717, 1.165) is 0 Å². The first kappa shape index (κ1) is 10.6. The van der Waals surface area contributed by atoms with Gasteiger partial charge in [0.1, 0.15) is 12.1 Å². The zero-order chi connectivity index (χ0) is 11.7. The number of piperazine rings is 1. The molecular formula is C9H12N4O3. The molecule has 7 heteroatoms. The molecule has 1 N–H and O–H groups in total. The zero-order valence-corrected chi connectivity index (χ0v) is 9.01. The van der Waals surface area contributed by atoms with Gasteiger partial charge < -0.3 is 14.7 Å². The Morgan fingerprint density at radius 1 is 1.50 bits per heavy atom. The van der Waals surface area contributed by atoms with Crippen molar-refractivity contribution in [2.24, 2.45) is 0 Å². The van der Waals surface area contributed by atoms with Crippen molar-refractivity contribution in [3.63, 3.8) is 0 Å². The molecule has 0 aliphatic carbocycles. The Hall–Kier alpha value is -1.92. The second-order valence-electron chi connectivity index (χ2n) is 3.72. The predicted molar refractivity (Wildman–Crippen MR) is 51.9 cm³/mol. The summed E-state index contributed by atoms with van der Waals surface area (Å²) in [4.78, 5) is 28.6. The molecule has 16 heavy (non-hydrogen) atoms. The molecule has 0 saturated carbocycles. The van der Waals surface area contributed by atoms with Crippen molar-refractivity contribution < 1.29 is 14.1 Å². The number of rotatable bonds is 2. The minimum absolute atomic E-state index is 0.142. The summed E-state index contributed by atoms with van der Waals surface area (Å²) in [6.45, 7) is 3.50. The van der Waals surface area contributed by atoms with Crippen molar-refractivity contribution in [1.82, 2.24) is 20.4 Å². The fraction of sp³-hybridized carbons (Fsp3) is 0.556. The topological polar surface area (TPSA) is 88.3 Å². The van der Waals surface area contributed by atoms with Crippen LogP contribution in [0.4, 0.5) is 0 Å². The van der Waals surface area contributed by atoms with E-state index in [1.807, 2.05) is 0 Å². The summed E-state index contributed by atoms with van der Waals surface area (Å²) in [6.07, 6.45) is 1.19. The normalized spacial score (nSPS) is 25.8. The maximum atomic E-state index is 11.8. The van der Waals surface area contributed by atoms with Gasteiger partial charge in [-0.2, -0.15) is 4.98 Å². The quantitative estimate of drug-likeness (QED) is 0.718. The summed E-state index contributed by atoms with van der Waals surface area (Å²) in [5.41, 5.74) is 0. The molecule has 2 heterocycles. The third-order valence-corrected chi connectivity index (χ3v) is 2.58. The molecule has 0 aromatic carbocycles. The Bertz CT molecular complexity index is 403. The number of carbonyl (C=O) groups excluding carboxylic acids is 2. The number of amides is 2. The average molecular weight is 224 g/mol. The van der Waals surface area contributed by atoms with E-state index in [1.165, 1.54) is 11.3 Å². The van der Waals surface area contributed by atoms with Crippen LogP contribution in [-0.2, 0) is 16.1 Å². The number of carbonyl (C=O) groups is 2. The lowest BCUT2D eigenvalue weighted by atomic mass is 10.1. The van der Waals surface area contributed by atoms with E-state index in [0.29, 0.717) is 5.82 Å². The van der Waals surface area contributed by atoms with E-state index >= 15 is 0 Å². The van der Waals surface area contributed by atoms with Gasteiger partial charge in [-0.1, -0.05) is 5.16 Å². The molecule has 1 aromatic rings. The van der Waals surface area contributed by atoms with Gasteiger partial charge >= 0.3 is 0 Å². The molecule has 0 spiro atoms. The third kappa shape index (κ3) is 1.75. The second-order valence-corrected chi connectivity index (χ2v) is 3.72. The van der Waals surface area contributed by atoms with Crippen LogP contribution in [0.15, 0.2) is 10.9 Å². The van der Waals surface area contributed by atoms with Gasteiger partial charge in [-0.15, -0.1) is 0 Å².